The Morgan fingerprint density at radius 1 is 1.22 bits per heavy atom. The first kappa shape index (κ1) is 13.4. The van der Waals surface area contributed by atoms with Crippen molar-refractivity contribution in [3.05, 3.63) is 35.4 Å². The van der Waals surface area contributed by atoms with Gasteiger partial charge in [0.2, 0.25) is 0 Å². The third kappa shape index (κ3) is 3.23. The summed E-state index contributed by atoms with van der Waals surface area (Å²) in [6, 6.07) is 5.20. The molecule has 0 aromatic heterocycles. The number of nitrogens with one attached hydrogen (secondary N) is 1. The zero-order valence-electron chi connectivity index (χ0n) is 9.87. The quantitative estimate of drug-likeness (QED) is 0.853. The highest BCUT2D eigenvalue weighted by molar-refractivity contribution is 5.25. The number of rotatable bonds is 2. The van der Waals surface area contributed by atoms with Crippen molar-refractivity contribution in [2.24, 2.45) is 5.92 Å². The van der Waals surface area contributed by atoms with E-state index in [1.54, 1.807) is 0 Å². The van der Waals surface area contributed by atoms with E-state index in [0.717, 1.165) is 30.7 Å². The van der Waals surface area contributed by atoms with Crippen LogP contribution in [0.1, 0.15) is 17.5 Å². The summed E-state index contributed by atoms with van der Waals surface area (Å²) in [4.78, 5) is 0. The molecule has 1 fully saturated rings. The van der Waals surface area contributed by atoms with Gasteiger partial charge in [-0.15, -0.1) is 0 Å². The van der Waals surface area contributed by atoms with Crippen molar-refractivity contribution in [1.29, 1.82) is 0 Å². The second-order valence-corrected chi connectivity index (χ2v) is 4.72. The molecule has 0 radical (unpaired) electrons. The lowest BCUT2D eigenvalue weighted by Gasteiger charge is -2.28. The number of halogens is 3. The van der Waals surface area contributed by atoms with Crippen LogP contribution >= 0.6 is 0 Å². The largest absolute Gasteiger partial charge is 0.416 e. The van der Waals surface area contributed by atoms with Crippen LogP contribution in [0.25, 0.3) is 0 Å². The Balaban J connectivity index is 2.02. The monoisotopic (exact) mass is 259 g/mol. The van der Waals surface area contributed by atoms with Gasteiger partial charge in [0.05, 0.1) is 11.7 Å². The number of benzene rings is 1. The molecule has 1 saturated heterocycles. The van der Waals surface area contributed by atoms with Crippen molar-refractivity contribution < 1.29 is 18.3 Å². The summed E-state index contributed by atoms with van der Waals surface area (Å²) in [6.45, 7) is 1.41. The SMILES string of the molecule is OC1CNCCC1Cc1ccc(C(F)(F)F)cc1. The molecular weight excluding hydrogens is 243 g/mol. The number of hydrogen-bond acceptors (Lipinski definition) is 2. The van der Waals surface area contributed by atoms with Gasteiger partial charge in [0, 0.05) is 6.54 Å². The van der Waals surface area contributed by atoms with E-state index in [1.807, 2.05) is 0 Å². The molecule has 100 valence electrons. The van der Waals surface area contributed by atoms with Gasteiger partial charge >= 0.3 is 6.18 Å². The van der Waals surface area contributed by atoms with E-state index in [9.17, 15) is 18.3 Å². The zero-order valence-corrected chi connectivity index (χ0v) is 9.87. The Bertz CT molecular complexity index is 388. The van der Waals surface area contributed by atoms with Crippen molar-refractivity contribution in [3.8, 4) is 0 Å². The summed E-state index contributed by atoms with van der Waals surface area (Å²) in [5.74, 6) is 0.128. The molecular formula is C13H16F3NO. The summed E-state index contributed by atoms with van der Waals surface area (Å²) in [6.07, 6.45) is -3.23. The number of hydrogen-bond donors (Lipinski definition) is 2. The standard InChI is InChI=1S/C13H16F3NO/c14-13(15,16)11-3-1-9(2-4-11)7-10-5-6-17-8-12(10)18/h1-4,10,12,17-18H,5-8H2. The molecule has 2 atom stereocenters. The van der Waals surface area contributed by atoms with Crippen LogP contribution in [0.2, 0.25) is 0 Å². The van der Waals surface area contributed by atoms with Gasteiger partial charge in [-0.2, -0.15) is 13.2 Å². The summed E-state index contributed by atoms with van der Waals surface area (Å²) < 4.78 is 37.2. The van der Waals surface area contributed by atoms with E-state index < -0.39 is 17.8 Å². The Hall–Kier alpha value is -1.07. The normalized spacial score (nSPS) is 25.1. The van der Waals surface area contributed by atoms with Crippen molar-refractivity contribution >= 4 is 0 Å². The van der Waals surface area contributed by atoms with Crippen LogP contribution in [-0.4, -0.2) is 24.3 Å². The average molecular weight is 259 g/mol. The van der Waals surface area contributed by atoms with Gasteiger partial charge in [-0.1, -0.05) is 12.1 Å². The first-order valence-electron chi connectivity index (χ1n) is 6.02. The number of aliphatic hydroxyl groups excluding tert-OH is 1. The molecule has 5 heteroatoms. The average Bonchev–Trinajstić information content (AvgIpc) is 2.32. The molecule has 0 bridgehead atoms. The molecule has 0 saturated carbocycles. The predicted molar refractivity (Wildman–Crippen MR) is 62.1 cm³/mol. The van der Waals surface area contributed by atoms with E-state index in [2.05, 4.69) is 5.32 Å². The third-order valence-electron chi connectivity index (χ3n) is 3.37. The van der Waals surface area contributed by atoms with Gasteiger partial charge in [0.25, 0.3) is 0 Å². The number of piperidine rings is 1. The first-order valence-corrected chi connectivity index (χ1v) is 6.02. The maximum atomic E-state index is 12.4. The Morgan fingerprint density at radius 3 is 2.44 bits per heavy atom. The lowest BCUT2D eigenvalue weighted by molar-refractivity contribution is -0.137. The van der Waals surface area contributed by atoms with Gasteiger partial charge in [-0.3, -0.25) is 0 Å². The summed E-state index contributed by atoms with van der Waals surface area (Å²) in [7, 11) is 0. The Kier molecular flexibility index (Phi) is 3.92. The van der Waals surface area contributed by atoms with Crippen LogP contribution in [0.15, 0.2) is 24.3 Å². The number of alkyl halides is 3. The number of β-amino-alcohol motifs (C(OH)–C–C–N with tert-alkyl or cyclic N) is 1. The Labute approximate surface area is 104 Å². The molecule has 1 aliphatic rings. The minimum Gasteiger partial charge on any atom is -0.392 e. The van der Waals surface area contributed by atoms with Gasteiger partial charge in [0.15, 0.2) is 0 Å². The van der Waals surface area contributed by atoms with Crippen molar-refractivity contribution in [2.75, 3.05) is 13.1 Å². The maximum absolute atomic E-state index is 12.4. The van der Waals surface area contributed by atoms with Gasteiger partial charge < -0.3 is 10.4 Å². The number of aliphatic hydroxyl groups is 1. The summed E-state index contributed by atoms with van der Waals surface area (Å²) in [5, 5.41) is 12.9. The first-order chi connectivity index (χ1) is 8.47. The molecule has 1 aromatic carbocycles. The van der Waals surface area contributed by atoms with Crippen LogP contribution in [-0.2, 0) is 12.6 Å². The minimum absolute atomic E-state index is 0.128. The highest BCUT2D eigenvalue weighted by Gasteiger charge is 2.30. The third-order valence-corrected chi connectivity index (χ3v) is 3.37. The highest BCUT2D eigenvalue weighted by atomic mass is 19.4. The van der Waals surface area contributed by atoms with Crippen LogP contribution in [0.3, 0.4) is 0 Å². The van der Waals surface area contributed by atoms with E-state index in [1.165, 1.54) is 12.1 Å². The smallest absolute Gasteiger partial charge is 0.392 e. The molecule has 1 heterocycles. The molecule has 0 amide bonds. The summed E-state index contributed by atoms with van der Waals surface area (Å²) in [5.41, 5.74) is 0.214. The predicted octanol–water partition coefficient (Wildman–Crippen LogP) is 2.22. The molecule has 0 aliphatic carbocycles. The van der Waals surface area contributed by atoms with E-state index in [0.29, 0.717) is 13.0 Å². The van der Waals surface area contributed by atoms with E-state index >= 15 is 0 Å². The molecule has 1 aromatic rings. The fraction of sp³-hybridized carbons (Fsp3) is 0.538. The fourth-order valence-corrected chi connectivity index (χ4v) is 2.27. The van der Waals surface area contributed by atoms with Crippen molar-refractivity contribution in [3.63, 3.8) is 0 Å². The van der Waals surface area contributed by atoms with Gasteiger partial charge in [-0.05, 0) is 43.0 Å². The fourth-order valence-electron chi connectivity index (χ4n) is 2.27. The van der Waals surface area contributed by atoms with Crippen LogP contribution in [0.5, 0.6) is 0 Å². The maximum Gasteiger partial charge on any atom is 0.416 e. The highest BCUT2D eigenvalue weighted by Crippen LogP contribution is 2.29. The van der Waals surface area contributed by atoms with Crippen LogP contribution < -0.4 is 5.32 Å². The lowest BCUT2D eigenvalue weighted by Crippen LogP contribution is -2.41. The van der Waals surface area contributed by atoms with E-state index in [-0.39, 0.29) is 5.92 Å². The molecule has 1 aliphatic heterocycles. The van der Waals surface area contributed by atoms with Crippen molar-refractivity contribution in [1.82, 2.24) is 5.32 Å². The van der Waals surface area contributed by atoms with Crippen molar-refractivity contribution in [2.45, 2.75) is 25.1 Å². The van der Waals surface area contributed by atoms with Crippen LogP contribution in [0.4, 0.5) is 13.2 Å². The molecule has 2 N–H and O–H groups in total. The minimum atomic E-state index is -4.28. The van der Waals surface area contributed by atoms with Crippen LogP contribution in [0, 0.1) is 5.92 Å². The van der Waals surface area contributed by atoms with Gasteiger partial charge in [0.1, 0.15) is 0 Å². The molecule has 0 spiro atoms. The molecule has 2 nitrogen and oxygen atoms in total. The topological polar surface area (TPSA) is 32.3 Å². The zero-order chi connectivity index (χ0) is 13.2. The molecule has 2 unspecified atom stereocenters. The molecule has 18 heavy (non-hydrogen) atoms. The second-order valence-electron chi connectivity index (χ2n) is 4.72. The second kappa shape index (κ2) is 5.28. The summed E-state index contributed by atoms with van der Waals surface area (Å²) >= 11 is 0. The van der Waals surface area contributed by atoms with E-state index in [4.69, 9.17) is 0 Å². The lowest BCUT2D eigenvalue weighted by atomic mass is 9.88. The molecule has 2 rings (SSSR count). The van der Waals surface area contributed by atoms with Gasteiger partial charge in [-0.25, -0.2) is 0 Å². The Morgan fingerprint density at radius 2 is 1.89 bits per heavy atom.